The van der Waals surface area contributed by atoms with Crippen molar-refractivity contribution in [2.45, 2.75) is 17.5 Å². The quantitative estimate of drug-likeness (QED) is 0.703. The average molecular weight is 481 g/mol. The predicted molar refractivity (Wildman–Crippen MR) is 116 cm³/mol. The number of rotatable bonds is 2. The van der Waals surface area contributed by atoms with Gasteiger partial charge >= 0.3 is 0 Å². The standard InChI is InChI=1S/C18H17BrN4O3S2/c1-9-20-11-8-10(2-3-12(11)26-9)21-16(24)14-13(19)15-17(27-14)22-18(28-15)23-4-6-25-7-5-23/h2-3,8,15,17H,4-7H2,1H3,(H,21,24). The van der Waals surface area contributed by atoms with Crippen LogP contribution < -0.4 is 5.32 Å². The molecular weight excluding hydrogens is 464 g/mol. The van der Waals surface area contributed by atoms with Crippen molar-refractivity contribution in [1.82, 2.24) is 9.88 Å². The van der Waals surface area contributed by atoms with Gasteiger partial charge in [-0.15, -0.1) is 0 Å². The van der Waals surface area contributed by atoms with Crippen LogP contribution in [0.4, 0.5) is 5.69 Å². The molecule has 1 aromatic heterocycles. The van der Waals surface area contributed by atoms with Crippen molar-refractivity contribution in [3.8, 4) is 0 Å². The summed E-state index contributed by atoms with van der Waals surface area (Å²) in [6.45, 7) is 5.02. The van der Waals surface area contributed by atoms with Crippen molar-refractivity contribution in [2.24, 2.45) is 4.99 Å². The van der Waals surface area contributed by atoms with Crippen LogP contribution in [0.1, 0.15) is 5.89 Å². The molecule has 5 rings (SSSR count). The zero-order chi connectivity index (χ0) is 19.3. The second kappa shape index (κ2) is 7.40. The summed E-state index contributed by atoms with van der Waals surface area (Å²) in [5, 5.41) is 4.18. The number of amidine groups is 1. The first-order valence-corrected chi connectivity index (χ1v) is 11.5. The van der Waals surface area contributed by atoms with Gasteiger partial charge in [0.1, 0.15) is 10.9 Å². The van der Waals surface area contributed by atoms with Gasteiger partial charge in [-0.3, -0.25) is 4.79 Å². The van der Waals surface area contributed by atoms with E-state index < -0.39 is 0 Å². The fourth-order valence-electron chi connectivity index (χ4n) is 3.33. The average Bonchev–Trinajstić information content (AvgIpc) is 3.35. The van der Waals surface area contributed by atoms with Crippen LogP contribution >= 0.6 is 39.5 Å². The first kappa shape index (κ1) is 18.5. The van der Waals surface area contributed by atoms with Gasteiger partial charge in [0.25, 0.3) is 5.91 Å². The summed E-state index contributed by atoms with van der Waals surface area (Å²) in [4.78, 5) is 24.9. The molecule has 0 aliphatic carbocycles. The SMILES string of the molecule is Cc1nc2cc(NC(=O)C3=C(Br)C4SC(N5CCOCC5)=NC4S3)ccc2o1. The third kappa shape index (κ3) is 3.36. The van der Waals surface area contributed by atoms with Gasteiger partial charge in [-0.05, 0) is 18.2 Å². The van der Waals surface area contributed by atoms with Crippen molar-refractivity contribution >= 4 is 67.3 Å². The number of aromatic nitrogens is 1. The topological polar surface area (TPSA) is 80.0 Å². The zero-order valence-electron chi connectivity index (χ0n) is 15.0. The molecule has 2 aromatic rings. The molecule has 1 aromatic carbocycles. The van der Waals surface area contributed by atoms with E-state index in [1.807, 2.05) is 18.2 Å². The third-order valence-electron chi connectivity index (χ3n) is 4.67. The summed E-state index contributed by atoms with van der Waals surface area (Å²) >= 11 is 6.89. The Morgan fingerprint density at radius 2 is 2.14 bits per heavy atom. The molecule has 1 saturated heterocycles. The number of benzene rings is 1. The number of carbonyl (C=O) groups is 1. The van der Waals surface area contributed by atoms with Gasteiger partial charge in [0, 0.05) is 30.2 Å². The lowest BCUT2D eigenvalue weighted by atomic mass is 10.3. The van der Waals surface area contributed by atoms with Gasteiger partial charge in [-0.2, -0.15) is 0 Å². The van der Waals surface area contributed by atoms with Crippen LogP contribution in [0.2, 0.25) is 0 Å². The normalized spacial score (nSPS) is 24.6. The van der Waals surface area contributed by atoms with Gasteiger partial charge in [-0.25, -0.2) is 9.98 Å². The molecule has 146 valence electrons. The minimum atomic E-state index is -0.130. The molecular formula is C18H17BrN4O3S2. The Hall–Kier alpha value is -1.49. The van der Waals surface area contributed by atoms with E-state index in [0.29, 0.717) is 22.1 Å². The summed E-state index contributed by atoms with van der Waals surface area (Å²) in [6.07, 6.45) is 0. The molecule has 0 radical (unpaired) electrons. The molecule has 2 atom stereocenters. The van der Waals surface area contributed by atoms with Crippen molar-refractivity contribution in [2.75, 3.05) is 31.6 Å². The highest BCUT2D eigenvalue weighted by Gasteiger charge is 2.43. The molecule has 1 N–H and O–H groups in total. The number of ether oxygens (including phenoxy) is 1. The lowest BCUT2D eigenvalue weighted by molar-refractivity contribution is -0.112. The second-order valence-electron chi connectivity index (χ2n) is 6.60. The molecule has 0 spiro atoms. The number of halogens is 1. The van der Waals surface area contributed by atoms with E-state index >= 15 is 0 Å². The van der Waals surface area contributed by atoms with Crippen molar-refractivity contribution < 1.29 is 13.9 Å². The number of aliphatic imine (C=N–C) groups is 1. The molecule has 0 bridgehead atoms. The number of morpholine rings is 1. The molecule has 10 heteroatoms. The number of hydrogen-bond acceptors (Lipinski definition) is 8. The Labute approximate surface area is 178 Å². The molecule has 2 unspecified atom stereocenters. The highest BCUT2D eigenvalue weighted by Crippen LogP contribution is 2.51. The number of anilines is 1. The summed E-state index contributed by atoms with van der Waals surface area (Å²) in [5.74, 6) is 0.476. The van der Waals surface area contributed by atoms with Gasteiger partial charge < -0.3 is 19.4 Å². The summed E-state index contributed by atoms with van der Waals surface area (Å²) in [6, 6.07) is 5.46. The number of nitrogens with one attached hydrogen (secondary N) is 1. The van der Waals surface area contributed by atoms with E-state index in [2.05, 4.69) is 31.1 Å². The Morgan fingerprint density at radius 1 is 1.32 bits per heavy atom. The van der Waals surface area contributed by atoms with E-state index in [0.717, 1.165) is 41.5 Å². The number of nitrogens with zero attached hydrogens (tertiary/aromatic N) is 3. The Kier molecular flexibility index (Phi) is 4.90. The van der Waals surface area contributed by atoms with Crippen LogP contribution in [0.25, 0.3) is 11.1 Å². The molecule has 1 fully saturated rings. The van der Waals surface area contributed by atoms with Crippen LogP contribution in [-0.2, 0) is 9.53 Å². The van der Waals surface area contributed by atoms with Gasteiger partial charge in [0.15, 0.2) is 16.6 Å². The summed E-state index contributed by atoms with van der Waals surface area (Å²) in [5.41, 5.74) is 2.14. The van der Waals surface area contributed by atoms with Crippen LogP contribution in [0.5, 0.6) is 0 Å². The lowest BCUT2D eigenvalue weighted by Gasteiger charge is -2.28. The summed E-state index contributed by atoms with van der Waals surface area (Å²) < 4.78 is 11.8. The van der Waals surface area contributed by atoms with E-state index in [-0.39, 0.29) is 16.5 Å². The van der Waals surface area contributed by atoms with E-state index in [4.69, 9.17) is 14.1 Å². The fraction of sp³-hybridized carbons (Fsp3) is 0.389. The minimum absolute atomic E-state index is 0.0265. The van der Waals surface area contributed by atoms with Crippen molar-refractivity contribution in [3.05, 3.63) is 33.5 Å². The van der Waals surface area contributed by atoms with E-state index in [1.54, 1.807) is 18.7 Å². The Morgan fingerprint density at radius 3 is 2.93 bits per heavy atom. The number of thioether (sulfide) groups is 2. The Bertz CT molecular complexity index is 1020. The third-order valence-corrected chi connectivity index (χ3v) is 8.88. The van der Waals surface area contributed by atoms with Crippen molar-refractivity contribution in [3.63, 3.8) is 0 Å². The smallest absolute Gasteiger partial charge is 0.263 e. The van der Waals surface area contributed by atoms with Crippen LogP contribution in [0.3, 0.4) is 0 Å². The maximum atomic E-state index is 12.8. The molecule has 3 aliphatic rings. The maximum Gasteiger partial charge on any atom is 0.263 e. The number of aryl methyl sites for hydroxylation is 1. The first-order chi connectivity index (χ1) is 13.6. The monoisotopic (exact) mass is 480 g/mol. The number of fused-ring (bicyclic) bond motifs is 2. The van der Waals surface area contributed by atoms with E-state index in [1.165, 1.54) is 11.8 Å². The molecule has 3 aliphatic heterocycles. The lowest BCUT2D eigenvalue weighted by Crippen LogP contribution is -2.39. The predicted octanol–water partition coefficient (Wildman–Crippen LogP) is 3.56. The van der Waals surface area contributed by atoms with E-state index in [9.17, 15) is 4.79 Å². The number of oxazole rings is 1. The largest absolute Gasteiger partial charge is 0.441 e. The fourth-order valence-corrected chi connectivity index (χ4v) is 7.16. The number of carbonyl (C=O) groups excluding carboxylic acids is 1. The van der Waals surface area contributed by atoms with Gasteiger partial charge in [-0.1, -0.05) is 39.5 Å². The molecule has 28 heavy (non-hydrogen) atoms. The van der Waals surface area contributed by atoms with Gasteiger partial charge in [0.05, 0.1) is 23.4 Å². The molecule has 4 heterocycles. The van der Waals surface area contributed by atoms with Crippen molar-refractivity contribution in [1.29, 1.82) is 0 Å². The molecule has 7 nitrogen and oxygen atoms in total. The zero-order valence-corrected chi connectivity index (χ0v) is 18.2. The maximum absolute atomic E-state index is 12.8. The van der Waals surface area contributed by atoms with Crippen LogP contribution in [-0.4, -0.2) is 57.9 Å². The molecule has 0 saturated carbocycles. The van der Waals surface area contributed by atoms with Gasteiger partial charge in [0.2, 0.25) is 0 Å². The molecule has 1 amide bonds. The Balaban J connectivity index is 1.29. The minimum Gasteiger partial charge on any atom is -0.441 e. The second-order valence-corrected chi connectivity index (χ2v) is 9.69. The number of hydrogen-bond donors (Lipinski definition) is 1. The summed E-state index contributed by atoms with van der Waals surface area (Å²) in [7, 11) is 0. The highest BCUT2D eigenvalue weighted by atomic mass is 79.9. The number of amides is 1. The first-order valence-electron chi connectivity index (χ1n) is 8.90. The van der Waals surface area contributed by atoms with Crippen LogP contribution in [0.15, 0.2) is 37.0 Å². The highest BCUT2D eigenvalue weighted by molar-refractivity contribution is 9.12. The van der Waals surface area contributed by atoms with Crippen LogP contribution in [0, 0.1) is 6.92 Å².